The van der Waals surface area contributed by atoms with Crippen molar-refractivity contribution in [1.82, 2.24) is 10.3 Å². The van der Waals surface area contributed by atoms with Crippen LogP contribution < -0.4 is 10.1 Å². The van der Waals surface area contributed by atoms with Gasteiger partial charge in [-0.3, -0.25) is 4.79 Å². The maximum Gasteiger partial charge on any atom is 0.272 e. The highest BCUT2D eigenvalue weighted by Crippen LogP contribution is 2.34. The Labute approximate surface area is 166 Å². The molecule has 1 amide bonds. The van der Waals surface area contributed by atoms with E-state index in [4.69, 9.17) is 21.1 Å². The summed E-state index contributed by atoms with van der Waals surface area (Å²) in [6, 6.07) is 11.2. The highest BCUT2D eigenvalue weighted by atomic mass is 79.9. The molecule has 0 bridgehead atoms. The van der Waals surface area contributed by atoms with Crippen molar-refractivity contribution >= 4 is 33.4 Å². The summed E-state index contributed by atoms with van der Waals surface area (Å²) in [5.74, 6) is 0.0592. The highest BCUT2D eigenvalue weighted by Gasteiger charge is 2.37. The minimum absolute atomic E-state index is 0.165. The van der Waals surface area contributed by atoms with E-state index in [1.807, 2.05) is 31.2 Å². The summed E-state index contributed by atoms with van der Waals surface area (Å²) in [6.07, 6.45) is 1.36. The van der Waals surface area contributed by atoms with Gasteiger partial charge in [-0.05, 0) is 43.5 Å². The monoisotopic (exact) mass is 438 g/mol. The second-order valence-corrected chi connectivity index (χ2v) is 7.39. The third-order valence-corrected chi connectivity index (χ3v) is 5.20. The van der Waals surface area contributed by atoms with Crippen LogP contribution in [-0.4, -0.2) is 30.7 Å². The van der Waals surface area contributed by atoms with Gasteiger partial charge in [-0.15, -0.1) is 0 Å². The fourth-order valence-corrected chi connectivity index (χ4v) is 3.67. The molecule has 3 rings (SSSR count). The second kappa shape index (κ2) is 8.37. The first-order valence-electron chi connectivity index (χ1n) is 8.50. The number of nitrogens with zero attached hydrogens (tertiary/aromatic N) is 1. The number of pyridine rings is 1. The Kier molecular flexibility index (Phi) is 6.16. The van der Waals surface area contributed by atoms with Gasteiger partial charge in [-0.1, -0.05) is 39.7 Å². The first-order valence-corrected chi connectivity index (χ1v) is 9.67. The van der Waals surface area contributed by atoms with Crippen LogP contribution in [0.3, 0.4) is 0 Å². The molecule has 1 aromatic carbocycles. The minimum atomic E-state index is -0.522. The lowest BCUT2D eigenvalue weighted by Crippen LogP contribution is -2.49. The van der Waals surface area contributed by atoms with E-state index in [0.717, 1.165) is 10.0 Å². The van der Waals surface area contributed by atoms with Gasteiger partial charge in [0.2, 0.25) is 5.88 Å². The van der Waals surface area contributed by atoms with Crippen LogP contribution >= 0.6 is 27.5 Å². The van der Waals surface area contributed by atoms with Crippen molar-refractivity contribution in [3.63, 3.8) is 0 Å². The highest BCUT2D eigenvalue weighted by molar-refractivity contribution is 9.10. The number of hydrogen-bond acceptors (Lipinski definition) is 4. The van der Waals surface area contributed by atoms with E-state index in [2.05, 4.69) is 26.2 Å². The van der Waals surface area contributed by atoms with E-state index in [1.165, 1.54) is 0 Å². The molecular formula is C19H20BrClN2O3. The number of amides is 1. The number of halogens is 2. The summed E-state index contributed by atoms with van der Waals surface area (Å²) >= 11 is 9.72. The fourth-order valence-electron chi connectivity index (χ4n) is 3.08. The Balaban J connectivity index is 1.92. The lowest BCUT2D eigenvalue weighted by atomic mass is 9.82. The summed E-state index contributed by atoms with van der Waals surface area (Å²) in [5.41, 5.74) is 0.672. The van der Waals surface area contributed by atoms with Gasteiger partial charge < -0.3 is 14.8 Å². The lowest BCUT2D eigenvalue weighted by Gasteiger charge is -2.38. The molecule has 1 saturated heterocycles. The van der Waals surface area contributed by atoms with Crippen molar-refractivity contribution in [2.45, 2.75) is 25.3 Å². The standard InChI is InChI=1S/C19H20BrClN2O3/c1-2-26-16-7-6-15(21)17(22-16)18(24)23-19(8-10-25-11-9-19)13-4-3-5-14(20)12-13/h3-7,12H,2,8-11H2,1H3,(H,23,24). The smallest absolute Gasteiger partial charge is 0.272 e. The van der Waals surface area contributed by atoms with Crippen molar-refractivity contribution in [2.24, 2.45) is 0 Å². The molecule has 1 N–H and O–H groups in total. The summed E-state index contributed by atoms with van der Waals surface area (Å²) in [5, 5.41) is 3.45. The maximum absolute atomic E-state index is 13.0. The predicted molar refractivity (Wildman–Crippen MR) is 104 cm³/mol. The van der Waals surface area contributed by atoms with Crippen LogP contribution in [0.1, 0.15) is 35.8 Å². The molecular weight excluding hydrogens is 420 g/mol. The molecule has 1 aliphatic rings. The van der Waals surface area contributed by atoms with Crippen LogP contribution in [0, 0.1) is 0 Å². The van der Waals surface area contributed by atoms with Crippen molar-refractivity contribution in [3.05, 3.63) is 57.2 Å². The van der Waals surface area contributed by atoms with Crippen LogP contribution in [0.15, 0.2) is 40.9 Å². The summed E-state index contributed by atoms with van der Waals surface area (Å²) in [6.45, 7) is 3.48. The average molecular weight is 440 g/mol. The number of carbonyl (C=O) groups is 1. The summed E-state index contributed by atoms with van der Waals surface area (Å²) < 4.78 is 11.9. The Hall–Kier alpha value is -1.63. The van der Waals surface area contributed by atoms with Crippen LogP contribution in [0.5, 0.6) is 5.88 Å². The van der Waals surface area contributed by atoms with Crippen molar-refractivity contribution in [3.8, 4) is 5.88 Å². The van der Waals surface area contributed by atoms with Crippen molar-refractivity contribution in [1.29, 1.82) is 0 Å². The SMILES string of the molecule is CCOc1ccc(Cl)c(C(=O)NC2(c3cccc(Br)c3)CCOCC2)n1. The molecule has 1 aliphatic heterocycles. The number of ether oxygens (including phenoxy) is 2. The normalized spacial score (nSPS) is 16.1. The van der Waals surface area contributed by atoms with E-state index >= 15 is 0 Å². The molecule has 2 aromatic rings. The van der Waals surface area contributed by atoms with Crippen molar-refractivity contribution < 1.29 is 14.3 Å². The van der Waals surface area contributed by atoms with Crippen LogP contribution in [0.4, 0.5) is 0 Å². The molecule has 2 heterocycles. The van der Waals surface area contributed by atoms with E-state index in [1.54, 1.807) is 12.1 Å². The number of nitrogens with one attached hydrogen (secondary N) is 1. The molecule has 26 heavy (non-hydrogen) atoms. The van der Waals surface area contributed by atoms with E-state index in [-0.39, 0.29) is 11.6 Å². The molecule has 1 fully saturated rings. The molecule has 1 aromatic heterocycles. The molecule has 0 spiro atoms. The number of aromatic nitrogens is 1. The first kappa shape index (κ1) is 19.1. The molecule has 5 nitrogen and oxygen atoms in total. The Morgan fingerprint density at radius 2 is 2.12 bits per heavy atom. The molecule has 7 heteroatoms. The van der Waals surface area contributed by atoms with Gasteiger partial charge in [-0.2, -0.15) is 0 Å². The molecule has 0 unspecified atom stereocenters. The Bertz CT molecular complexity index is 794. The molecule has 0 radical (unpaired) electrons. The zero-order chi connectivity index (χ0) is 18.6. The topological polar surface area (TPSA) is 60.5 Å². The zero-order valence-corrected chi connectivity index (χ0v) is 16.8. The Morgan fingerprint density at radius 1 is 1.35 bits per heavy atom. The van der Waals surface area contributed by atoms with E-state index in [9.17, 15) is 4.79 Å². The largest absolute Gasteiger partial charge is 0.478 e. The van der Waals surface area contributed by atoms with Gasteiger partial charge >= 0.3 is 0 Å². The number of carbonyl (C=O) groups excluding carboxylic acids is 1. The number of hydrogen-bond donors (Lipinski definition) is 1. The van der Waals surface area contributed by atoms with E-state index < -0.39 is 5.54 Å². The van der Waals surface area contributed by atoms with Gasteiger partial charge in [0.15, 0.2) is 5.69 Å². The van der Waals surface area contributed by atoms with E-state index in [0.29, 0.717) is 43.6 Å². The first-order chi connectivity index (χ1) is 12.5. The predicted octanol–water partition coefficient (Wildman–Crippen LogP) is 4.33. The van der Waals surface area contributed by atoms with Gasteiger partial charge in [0.25, 0.3) is 5.91 Å². The molecule has 138 valence electrons. The van der Waals surface area contributed by atoms with Crippen LogP contribution in [-0.2, 0) is 10.3 Å². The Morgan fingerprint density at radius 3 is 2.81 bits per heavy atom. The lowest BCUT2D eigenvalue weighted by molar-refractivity contribution is 0.0343. The van der Waals surface area contributed by atoms with Crippen LogP contribution in [0.2, 0.25) is 5.02 Å². The minimum Gasteiger partial charge on any atom is -0.478 e. The van der Waals surface area contributed by atoms with Gasteiger partial charge in [0.05, 0.1) is 17.2 Å². The van der Waals surface area contributed by atoms with Crippen molar-refractivity contribution in [2.75, 3.05) is 19.8 Å². The zero-order valence-electron chi connectivity index (χ0n) is 14.4. The average Bonchev–Trinajstić information content (AvgIpc) is 2.64. The number of rotatable bonds is 5. The molecule has 0 aliphatic carbocycles. The summed E-state index contributed by atoms with van der Waals surface area (Å²) in [4.78, 5) is 17.3. The summed E-state index contributed by atoms with van der Waals surface area (Å²) in [7, 11) is 0. The fraction of sp³-hybridized carbons (Fsp3) is 0.368. The van der Waals surface area contributed by atoms with Gasteiger partial charge in [0.1, 0.15) is 0 Å². The third kappa shape index (κ3) is 4.19. The van der Waals surface area contributed by atoms with Crippen LogP contribution in [0.25, 0.3) is 0 Å². The third-order valence-electron chi connectivity index (χ3n) is 4.40. The quantitative estimate of drug-likeness (QED) is 0.753. The van der Waals surface area contributed by atoms with Gasteiger partial charge in [-0.25, -0.2) is 4.98 Å². The van der Waals surface area contributed by atoms with Gasteiger partial charge in [0, 0.05) is 23.8 Å². The second-order valence-electron chi connectivity index (χ2n) is 6.07. The molecule has 0 saturated carbocycles. The maximum atomic E-state index is 13.0. The molecule has 0 atom stereocenters. The number of benzene rings is 1.